The van der Waals surface area contributed by atoms with Gasteiger partial charge in [0.15, 0.2) is 6.54 Å². The SMILES string of the molecule is O=C(C[n+]1ccn(-c2ccccc2)c1)c1cccs1. The van der Waals surface area contributed by atoms with E-state index in [0.29, 0.717) is 6.54 Å². The summed E-state index contributed by atoms with van der Waals surface area (Å²) in [5.41, 5.74) is 1.09. The van der Waals surface area contributed by atoms with Crippen molar-refractivity contribution in [2.75, 3.05) is 0 Å². The first-order valence-corrected chi connectivity index (χ1v) is 6.90. The van der Waals surface area contributed by atoms with Crippen molar-refractivity contribution in [2.24, 2.45) is 0 Å². The van der Waals surface area contributed by atoms with Crippen molar-refractivity contribution < 1.29 is 9.36 Å². The number of thiophene rings is 1. The minimum atomic E-state index is 0.144. The zero-order chi connectivity index (χ0) is 13.1. The largest absolute Gasteiger partial charge is 0.289 e. The molecule has 0 spiro atoms. The average Bonchev–Trinajstić information content (AvgIpc) is 3.11. The molecule has 0 amide bonds. The molecule has 94 valence electrons. The number of ketones is 1. The first kappa shape index (κ1) is 11.9. The summed E-state index contributed by atoms with van der Waals surface area (Å²) in [6, 6.07) is 13.8. The smallest absolute Gasteiger partial charge is 0.249 e. The number of carbonyl (C=O) groups excluding carboxylic acids is 1. The fourth-order valence-electron chi connectivity index (χ4n) is 1.92. The Morgan fingerprint density at radius 3 is 2.74 bits per heavy atom. The van der Waals surface area contributed by atoms with Gasteiger partial charge in [0.1, 0.15) is 18.1 Å². The lowest BCUT2D eigenvalue weighted by molar-refractivity contribution is -0.682. The highest BCUT2D eigenvalue weighted by molar-refractivity contribution is 7.12. The Morgan fingerprint density at radius 1 is 1.16 bits per heavy atom. The van der Waals surface area contributed by atoms with Crippen LogP contribution in [0, 0.1) is 0 Å². The molecule has 3 rings (SSSR count). The molecule has 0 saturated carbocycles. The molecular weight excluding hydrogens is 256 g/mol. The number of carbonyl (C=O) groups is 1. The third kappa shape index (κ3) is 2.63. The molecule has 3 nitrogen and oxygen atoms in total. The molecule has 0 N–H and O–H groups in total. The maximum atomic E-state index is 12.0. The van der Waals surface area contributed by atoms with E-state index in [4.69, 9.17) is 0 Å². The summed E-state index contributed by atoms with van der Waals surface area (Å²) in [6.07, 6.45) is 5.80. The standard InChI is InChI=1S/C15H13N2OS/c18-14(15-7-4-10-19-15)11-16-8-9-17(12-16)13-5-2-1-3-6-13/h1-10,12H,11H2/q+1. The van der Waals surface area contributed by atoms with Gasteiger partial charge in [0.2, 0.25) is 12.1 Å². The van der Waals surface area contributed by atoms with Gasteiger partial charge in [-0.2, -0.15) is 0 Å². The van der Waals surface area contributed by atoms with Crippen molar-refractivity contribution >= 4 is 17.1 Å². The van der Waals surface area contributed by atoms with Crippen molar-refractivity contribution in [2.45, 2.75) is 6.54 Å². The molecular formula is C15H13N2OS+. The second-order valence-corrected chi connectivity index (χ2v) is 5.18. The Balaban J connectivity index is 1.77. The molecule has 3 aromatic rings. The number of hydrogen-bond donors (Lipinski definition) is 0. The number of imidazole rings is 1. The first-order valence-electron chi connectivity index (χ1n) is 6.02. The van der Waals surface area contributed by atoms with Gasteiger partial charge in [0, 0.05) is 0 Å². The second kappa shape index (κ2) is 5.20. The highest BCUT2D eigenvalue weighted by Gasteiger charge is 2.12. The quantitative estimate of drug-likeness (QED) is 0.528. The van der Waals surface area contributed by atoms with Crippen LogP contribution in [0.3, 0.4) is 0 Å². The molecule has 4 heteroatoms. The number of benzene rings is 1. The summed E-state index contributed by atoms with van der Waals surface area (Å²) in [5.74, 6) is 0.144. The number of rotatable bonds is 4. The van der Waals surface area contributed by atoms with Crippen LogP contribution in [-0.4, -0.2) is 10.4 Å². The van der Waals surface area contributed by atoms with Gasteiger partial charge in [-0.3, -0.25) is 4.79 Å². The predicted molar refractivity (Wildman–Crippen MR) is 74.6 cm³/mol. The minimum absolute atomic E-state index is 0.144. The van der Waals surface area contributed by atoms with Crippen LogP contribution in [0.5, 0.6) is 0 Å². The Bertz CT molecular complexity index is 671. The lowest BCUT2D eigenvalue weighted by atomic mass is 10.3. The monoisotopic (exact) mass is 269 g/mol. The molecule has 0 aliphatic carbocycles. The van der Waals surface area contributed by atoms with E-state index in [1.165, 1.54) is 11.3 Å². The molecule has 0 saturated heterocycles. The molecule has 19 heavy (non-hydrogen) atoms. The lowest BCUT2D eigenvalue weighted by Gasteiger charge is -1.95. The van der Waals surface area contributed by atoms with Crippen LogP contribution in [-0.2, 0) is 6.54 Å². The number of aromatic nitrogens is 2. The van der Waals surface area contributed by atoms with Gasteiger partial charge < -0.3 is 0 Å². The first-order chi connectivity index (χ1) is 9.33. The lowest BCUT2D eigenvalue weighted by Crippen LogP contribution is -2.35. The molecule has 0 atom stereocenters. The van der Waals surface area contributed by atoms with E-state index in [2.05, 4.69) is 0 Å². The molecule has 0 unspecified atom stereocenters. The summed E-state index contributed by atoms with van der Waals surface area (Å²) < 4.78 is 3.90. The topological polar surface area (TPSA) is 25.9 Å². The maximum absolute atomic E-state index is 12.0. The Hall–Kier alpha value is -2.20. The van der Waals surface area contributed by atoms with Gasteiger partial charge in [0.25, 0.3) is 0 Å². The molecule has 0 radical (unpaired) electrons. The summed E-state index contributed by atoms with van der Waals surface area (Å²) in [4.78, 5) is 12.8. The van der Waals surface area contributed by atoms with Gasteiger partial charge in [-0.05, 0) is 23.6 Å². The highest BCUT2D eigenvalue weighted by Crippen LogP contribution is 2.09. The highest BCUT2D eigenvalue weighted by atomic mass is 32.1. The Labute approximate surface area is 115 Å². The van der Waals surface area contributed by atoms with Crippen LogP contribution >= 0.6 is 11.3 Å². The van der Waals surface area contributed by atoms with Gasteiger partial charge in [-0.15, -0.1) is 11.3 Å². The molecule has 2 aromatic heterocycles. The van der Waals surface area contributed by atoms with Gasteiger partial charge in [-0.1, -0.05) is 24.3 Å². The van der Waals surface area contributed by atoms with E-state index in [-0.39, 0.29) is 5.78 Å². The van der Waals surface area contributed by atoms with E-state index in [1.807, 2.05) is 75.7 Å². The van der Waals surface area contributed by atoms with E-state index >= 15 is 0 Å². The number of nitrogens with zero attached hydrogens (tertiary/aromatic N) is 2. The summed E-state index contributed by atoms with van der Waals surface area (Å²) >= 11 is 1.48. The second-order valence-electron chi connectivity index (χ2n) is 4.23. The number of Topliss-reactive ketones (excluding diaryl/α,β-unsaturated/α-hetero) is 1. The molecule has 0 bridgehead atoms. The Kier molecular flexibility index (Phi) is 3.25. The Morgan fingerprint density at radius 2 is 2.00 bits per heavy atom. The molecule has 2 heterocycles. The third-order valence-corrected chi connectivity index (χ3v) is 3.78. The van der Waals surface area contributed by atoms with Crippen molar-refractivity contribution in [3.05, 3.63) is 71.4 Å². The zero-order valence-electron chi connectivity index (χ0n) is 10.3. The fourth-order valence-corrected chi connectivity index (χ4v) is 2.58. The van der Waals surface area contributed by atoms with Crippen LogP contribution in [0.15, 0.2) is 66.6 Å². The van der Waals surface area contributed by atoms with Crippen LogP contribution in [0.4, 0.5) is 0 Å². The van der Waals surface area contributed by atoms with Crippen molar-refractivity contribution in [1.29, 1.82) is 0 Å². The summed E-state index contributed by atoms with van der Waals surface area (Å²) in [5, 5.41) is 1.92. The average molecular weight is 269 g/mol. The van der Waals surface area contributed by atoms with E-state index < -0.39 is 0 Å². The zero-order valence-corrected chi connectivity index (χ0v) is 11.1. The van der Waals surface area contributed by atoms with Crippen LogP contribution in [0.25, 0.3) is 5.69 Å². The van der Waals surface area contributed by atoms with Crippen molar-refractivity contribution in [3.8, 4) is 5.69 Å². The summed E-state index contributed by atoms with van der Waals surface area (Å²) in [7, 11) is 0. The van der Waals surface area contributed by atoms with Crippen LogP contribution in [0.1, 0.15) is 9.67 Å². The molecule has 0 aliphatic rings. The molecule has 0 aliphatic heterocycles. The number of para-hydroxylation sites is 1. The van der Waals surface area contributed by atoms with Crippen LogP contribution in [0.2, 0.25) is 0 Å². The maximum Gasteiger partial charge on any atom is 0.249 e. The van der Waals surface area contributed by atoms with Crippen molar-refractivity contribution in [1.82, 2.24) is 4.57 Å². The summed E-state index contributed by atoms with van der Waals surface area (Å²) in [6.45, 7) is 0.375. The van der Waals surface area contributed by atoms with Gasteiger partial charge >= 0.3 is 0 Å². The molecule has 1 aromatic carbocycles. The minimum Gasteiger partial charge on any atom is -0.289 e. The van der Waals surface area contributed by atoms with E-state index in [0.717, 1.165) is 10.6 Å². The van der Waals surface area contributed by atoms with Crippen molar-refractivity contribution in [3.63, 3.8) is 0 Å². The van der Waals surface area contributed by atoms with Crippen LogP contribution < -0.4 is 4.57 Å². The number of hydrogen-bond acceptors (Lipinski definition) is 2. The third-order valence-electron chi connectivity index (χ3n) is 2.87. The van der Waals surface area contributed by atoms with Gasteiger partial charge in [-0.25, -0.2) is 9.13 Å². The van der Waals surface area contributed by atoms with Gasteiger partial charge in [0.05, 0.1) is 4.88 Å². The van der Waals surface area contributed by atoms with E-state index in [9.17, 15) is 4.79 Å². The normalized spacial score (nSPS) is 10.5. The molecule has 0 fully saturated rings. The predicted octanol–water partition coefficient (Wildman–Crippen LogP) is 2.71. The fraction of sp³-hybridized carbons (Fsp3) is 0.0667. The van der Waals surface area contributed by atoms with E-state index in [1.54, 1.807) is 0 Å².